The minimum atomic E-state index is -3.56. The number of rotatable bonds is 3. The fourth-order valence-corrected chi connectivity index (χ4v) is 3.73. The SMILES string of the molecule is CNC(=O)c1cc(S(=O)(=O)N2CC[C@@H](N)C2)cn1C.Cl. The van der Waals surface area contributed by atoms with Crippen molar-refractivity contribution in [3.05, 3.63) is 18.0 Å². The average molecular weight is 323 g/mol. The molecule has 1 saturated heterocycles. The molecule has 1 amide bonds. The Balaban J connectivity index is 0.00000200. The third kappa shape index (κ3) is 2.98. The quantitative estimate of drug-likeness (QED) is 0.786. The first-order chi connectivity index (χ1) is 8.86. The Morgan fingerprint density at radius 3 is 2.65 bits per heavy atom. The van der Waals surface area contributed by atoms with E-state index < -0.39 is 10.0 Å². The molecule has 3 N–H and O–H groups in total. The molecule has 0 unspecified atom stereocenters. The monoisotopic (exact) mass is 322 g/mol. The standard InChI is InChI=1S/C11H18N4O3S.ClH/c1-13-11(16)10-5-9(7-14(10)2)19(17,18)15-4-3-8(12)6-15;/h5,7-8H,3-4,6,12H2,1-2H3,(H,13,16);1H/t8-;/m1./s1. The minimum Gasteiger partial charge on any atom is -0.354 e. The number of aromatic nitrogens is 1. The molecule has 114 valence electrons. The third-order valence-corrected chi connectivity index (χ3v) is 5.10. The number of hydrogen-bond donors (Lipinski definition) is 2. The second-order valence-electron chi connectivity index (χ2n) is 4.66. The van der Waals surface area contributed by atoms with E-state index in [4.69, 9.17) is 5.73 Å². The molecule has 0 saturated carbocycles. The number of sulfonamides is 1. The number of aryl methyl sites for hydroxylation is 1. The number of carbonyl (C=O) groups excluding carboxylic acids is 1. The first-order valence-electron chi connectivity index (χ1n) is 6.00. The lowest BCUT2D eigenvalue weighted by molar-refractivity contribution is 0.0955. The van der Waals surface area contributed by atoms with Gasteiger partial charge in [0.2, 0.25) is 10.0 Å². The van der Waals surface area contributed by atoms with Crippen LogP contribution in [0.1, 0.15) is 16.9 Å². The molecule has 0 aromatic carbocycles. The maximum Gasteiger partial charge on any atom is 0.267 e. The lowest BCUT2D eigenvalue weighted by atomic mass is 10.3. The van der Waals surface area contributed by atoms with Gasteiger partial charge in [0.15, 0.2) is 0 Å². The molecule has 1 aliphatic heterocycles. The van der Waals surface area contributed by atoms with E-state index in [0.29, 0.717) is 25.2 Å². The zero-order valence-electron chi connectivity index (χ0n) is 11.4. The number of carbonyl (C=O) groups is 1. The van der Waals surface area contributed by atoms with Gasteiger partial charge in [0, 0.05) is 39.4 Å². The summed E-state index contributed by atoms with van der Waals surface area (Å²) in [6, 6.07) is 1.27. The van der Waals surface area contributed by atoms with Gasteiger partial charge in [-0.2, -0.15) is 4.31 Å². The van der Waals surface area contributed by atoms with Gasteiger partial charge >= 0.3 is 0 Å². The number of amides is 1. The summed E-state index contributed by atoms with van der Waals surface area (Å²) >= 11 is 0. The highest BCUT2D eigenvalue weighted by Crippen LogP contribution is 2.22. The highest BCUT2D eigenvalue weighted by molar-refractivity contribution is 7.89. The van der Waals surface area contributed by atoms with E-state index in [9.17, 15) is 13.2 Å². The van der Waals surface area contributed by atoms with Gasteiger partial charge in [-0.25, -0.2) is 8.42 Å². The van der Waals surface area contributed by atoms with E-state index in [2.05, 4.69) is 5.32 Å². The Bertz CT molecular complexity index is 599. The molecule has 1 aliphatic rings. The van der Waals surface area contributed by atoms with Crippen LogP contribution in [0.25, 0.3) is 0 Å². The maximum absolute atomic E-state index is 12.4. The van der Waals surface area contributed by atoms with Gasteiger partial charge < -0.3 is 15.6 Å². The fraction of sp³-hybridized carbons (Fsp3) is 0.545. The van der Waals surface area contributed by atoms with Crippen molar-refractivity contribution in [1.29, 1.82) is 0 Å². The summed E-state index contributed by atoms with van der Waals surface area (Å²) in [4.78, 5) is 11.7. The Labute approximate surface area is 124 Å². The van der Waals surface area contributed by atoms with Crippen molar-refractivity contribution in [2.45, 2.75) is 17.4 Å². The molecule has 0 bridgehead atoms. The summed E-state index contributed by atoms with van der Waals surface area (Å²) in [5, 5.41) is 2.48. The third-order valence-electron chi connectivity index (χ3n) is 3.26. The van der Waals surface area contributed by atoms with Crippen molar-refractivity contribution in [1.82, 2.24) is 14.2 Å². The molecule has 20 heavy (non-hydrogen) atoms. The highest BCUT2D eigenvalue weighted by Gasteiger charge is 2.32. The molecule has 0 spiro atoms. The van der Waals surface area contributed by atoms with Crippen LogP contribution >= 0.6 is 12.4 Å². The van der Waals surface area contributed by atoms with Gasteiger partial charge in [-0.15, -0.1) is 12.4 Å². The molecule has 7 nitrogen and oxygen atoms in total. The van der Waals surface area contributed by atoms with E-state index in [0.717, 1.165) is 0 Å². The van der Waals surface area contributed by atoms with Gasteiger partial charge in [-0.05, 0) is 12.5 Å². The summed E-state index contributed by atoms with van der Waals surface area (Å²) in [6.45, 7) is 0.750. The molecule has 0 aliphatic carbocycles. The van der Waals surface area contributed by atoms with Gasteiger partial charge in [0.1, 0.15) is 10.6 Å². The lowest BCUT2D eigenvalue weighted by Gasteiger charge is -2.14. The van der Waals surface area contributed by atoms with Gasteiger partial charge in [0.25, 0.3) is 5.91 Å². The predicted octanol–water partition coefficient (Wildman–Crippen LogP) is -0.472. The van der Waals surface area contributed by atoms with Crippen LogP contribution in [0.3, 0.4) is 0 Å². The van der Waals surface area contributed by atoms with Gasteiger partial charge in [0.05, 0.1) is 0 Å². The second kappa shape index (κ2) is 6.13. The van der Waals surface area contributed by atoms with E-state index in [1.807, 2.05) is 0 Å². The molecule has 1 aromatic heterocycles. The van der Waals surface area contributed by atoms with Crippen LogP contribution < -0.4 is 11.1 Å². The van der Waals surface area contributed by atoms with E-state index in [-0.39, 0.29) is 29.3 Å². The zero-order chi connectivity index (χ0) is 14.2. The number of nitrogens with zero attached hydrogens (tertiary/aromatic N) is 2. The van der Waals surface area contributed by atoms with Crippen molar-refractivity contribution < 1.29 is 13.2 Å². The van der Waals surface area contributed by atoms with Crippen molar-refractivity contribution in [2.24, 2.45) is 12.8 Å². The molecular formula is C11H19ClN4O3S. The largest absolute Gasteiger partial charge is 0.354 e. The lowest BCUT2D eigenvalue weighted by Crippen LogP contribution is -2.31. The molecule has 0 radical (unpaired) electrons. The van der Waals surface area contributed by atoms with Crippen molar-refractivity contribution in [3.63, 3.8) is 0 Å². The summed E-state index contributed by atoms with van der Waals surface area (Å²) in [5.74, 6) is -0.318. The van der Waals surface area contributed by atoms with E-state index >= 15 is 0 Å². The fourth-order valence-electron chi connectivity index (χ4n) is 2.15. The molecule has 1 aromatic rings. The topological polar surface area (TPSA) is 97.4 Å². The Morgan fingerprint density at radius 1 is 1.50 bits per heavy atom. The van der Waals surface area contributed by atoms with Crippen LogP contribution in [-0.4, -0.2) is 49.4 Å². The summed E-state index contributed by atoms with van der Waals surface area (Å²) in [5.41, 5.74) is 6.04. The number of nitrogens with one attached hydrogen (secondary N) is 1. The minimum absolute atomic E-state index is 0. The van der Waals surface area contributed by atoms with Crippen LogP contribution in [0.4, 0.5) is 0 Å². The Hall–Kier alpha value is -1.09. The van der Waals surface area contributed by atoms with Gasteiger partial charge in [-0.1, -0.05) is 0 Å². The van der Waals surface area contributed by atoms with Crippen LogP contribution in [0.15, 0.2) is 17.2 Å². The summed E-state index contributed by atoms with van der Waals surface area (Å²) in [7, 11) is -0.421. The normalized spacial score (nSPS) is 19.6. The molecule has 1 fully saturated rings. The highest BCUT2D eigenvalue weighted by atomic mass is 35.5. The van der Waals surface area contributed by atoms with Gasteiger partial charge in [-0.3, -0.25) is 4.79 Å². The first-order valence-corrected chi connectivity index (χ1v) is 7.44. The first kappa shape index (κ1) is 17.0. The molecular weight excluding hydrogens is 304 g/mol. The summed E-state index contributed by atoms with van der Waals surface area (Å²) < 4.78 is 27.6. The number of nitrogens with two attached hydrogens (primary N) is 1. The molecule has 9 heteroatoms. The van der Waals surface area contributed by atoms with Crippen LogP contribution in [0.5, 0.6) is 0 Å². The Morgan fingerprint density at radius 2 is 2.15 bits per heavy atom. The predicted molar refractivity (Wildman–Crippen MR) is 77.4 cm³/mol. The van der Waals surface area contributed by atoms with Crippen LogP contribution in [-0.2, 0) is 17.1 Å². The van der Waals surface area contributed by atoms with E-state index in [1.165, 1.54) is 28.2 Å². The molecule has 2 heterocycles. The van der Waals surface area contributed by atoms with Crippen LogP contribution in [0.2, 0.25) is 0 Å². The summed E-state index contributed by atoms with van der Waals surface area (Å²) in [6.07, 6.45) is 2.11. The Kier molecular flexibility index (Phi) is 5.20. The number of hydrogen-bond acceptors (Lipinski definition) is 4. The van der Waals surface area contributed by atoms with Crippen molar-refractivity contribution in [2.75, 3.05) is 20.1 Å². The van der Waals surface area contributed by atoms with E-state index in [1.54, 1.807) is 7.05 Å². The average Bonchev–Trinajstić information content (AvgIpc) is 2.95. The molecule has 1 atom stereocenters. The van der Waals surface area contributed by atoms with Crippen molar-refractivity contribution in [3.8, 4) is 0 Å². The maximum atomic E-state index is 12.4. The van der Waals surface area contributed by atoms with Crippen molar-refractivity contribution >= 4 is 28.3 Å². The molecule has 2 rings (SSSR count). The number of halogens is 1. The van der Waals surface area contributed by atoms with Crippen LogP contribution in [0, 0.1) is 0 Å². The zero-order valence-corrected chi connectivity index (χ0v) is 13.0. The smallest absolute Gasteiger partial charge is 0.267 e. The second-order valence-corrected chi connectivity index (χ2v) is 6.60.